The highest BCUT2D eigenvalue weighted by atomic mass is 28.4. The van der Waals surface area contributed by atoms with E-state index in [0.717, 1.165) is 28.3 Å². The Bertz CT molecular complexity index is 646. The average Bonchev–Trinajstić information content (AvgIpc) is 2.40. The molecular weight excluding hydrogens is 276 g/mol. The first-order valence-electron chi connectivity index (χ1n) is 7.10. The molecule has 0 aliphatic heterocycles. The second-order valence-electron chi connectivity index (χ2n) is 6.13. The Hall–Kier alpha value is -1.94. The summed E-state index contributed by atoms with van der Waals surface area (Å²) in [5, 5.41) is 0. The lowest BCUT2D eigenvalue weighted by atomic mass is 10.1. The lowest BCUT2D eigenvalue weighted by Crippen LogP contribution is -2.29. The smallest absolute Gasteiger partial charge is 0.242 e. The summed E-state index contributed by atoms with van der Waals surface area (Å²) in [6.45, 7) is 10.7. The fourth-order valence-corrected chi connectivity index (χ4v) is 2.82. The van der Waals surface area contributed by atoms with Crippen LogP contribution in [0.25, 0.3) is 0 Å². The fourth-order valence-electron chi connectivity index (χ4n) is 1.94. The molecule has 1 aromatic carbocycles. The summed E-state index contributed by atoms with van der Waals surface area (Å²) >= 11 is 0. The molecule has 0 aliphatic carbocycles. The Kier molecular flexibility index (Phi) is 4.58. The Morgan fingerprint density at radius 1 is 1.10 bits per heavy atom. The number of aliphatic imine (C=N–C) groups is 1. The Labute approximate surface area is 127 Å². The van der Waals surface area contributed by atoms with Crippen molar-refractivity contribution < 1.29 is 4.43 Å². The molecule has 0 aliphatic rings. The van der Waals surface area contributed by atoms with Crippen molar-refractivity contribution in [1.29, 1.82) is 0 Å². The van der Waals surface area contributed by atoms with Crippen molar-refractivity contribution in [2.75, 3.05) is 0 Å². The van der Waals surface area contributed by atoms with Crippen LogP contribution in [0, 0.1) is 13.8 Å². The fraction of sp³-hybridized carbons (Fsp3) is 0.294. The maximum absolute atomic E-state index is 6.11. The van der Waals surface area contributed by atoms with Gasteiger partial charge in [-0.3, -0.25) is 9.98 Å². The normalized spacial score (nSPS) is 11.9. The van der Waals surface area contributed by atoms with Crippen molar-refractivity contribution in [2.45, 2.75) is 33.5 Å². The number of benzene rings is 1. The summed E-state index contributed by atoms with van der Waals surface area (Å²) in [4.78, 5) is 8.79. The van der Waals surface area contributed by atoms with Crippen LogP contribution in [0.2, 0.25) is 19.6 Å². The van der Waals surface area contributed by atoms with Gasteiger partial charge in [-0.2, -0.15) is 0 Å². The van der Waals surface area contributed by atoms with Crippen LogP contribution in [0.5, 0.6) is 5.75 Å². The summed E-state index contributed by atoms with van der Waals surface area (Å²) < 4.78 is 6.11. The SMILES string of the molecule is Cc1cc(O[Si](C)(C)C)c(C)cc1N=Cc1ccccn1. The Balaban J connectivity index is 2.26. The average molecular weight is 298 g/mol. The molecule has 4 heteroatoms. The van der Waals surface area contributed by atoms with Crippen LogP contribution < -0.4 is 4.43 Å². The van der Waals surface area contributed by atoms with Crippen LogP contribution in [-0.2, 0) is 0 Å². The van der Waals surface area contributed by atoms with Gasteiger partial charge >= 0.3 is 0 Å². The molecule has 0 saturated carbocycles. The number of aryl methyl sites for hydroxylation is 2. The van der Waals surface area contributed by atoms with Gasteiger partial charge < -0.3 is 4.43 Å². The Morgan fingerprint density at radius 3 is 2.48 bits per heavy atom. The maximum atomic E-state index is 6.11. The number of hydrogen-bond acceptors (Lipinski definition) is 3. The van der Waals surface area contributed by atoms with Gasteiger partial charge in [-0.25, -0.2) is 0 Å². The molecule has 0 spiro atoms. The summed E-state index contributed by atoms with van der Waals surface area (Å²) in [7, 11) is -1.59. The molecule has 1 heterocycles. The zero-order chi connectivity index (χ0) is 15.5. The van der Waals surface area contributed by atoms with Gasteiger partial charge in [0.2, 0.25) is 8.32 Å². The van der Waals surface area contributed by atoms with E-state index in [0.29, 0.717) is 0 Å². The number of hydrogen-bond donors (Lipinski definition) is 0. The summed E-state index contributed by atoms with van der Waals surface area (Å²) in [6, 6.07) is 9.95. The molecule has 0 amide bonds. The second kappa shape index (κ2) is 6.22. The van der Waals surface area contributed by atoms with Crippen LogP contribution in [-0.4, -0.2) is 19.5 Å². The van der Waals surface area contributed by atoms with E-state index in [1.807, 2.05) is 18.2 Å². The third-order valence-corrected chi connectivity index (χ3v) is 3.77. The lowest BCUT2D eigenvalue weighted by Gasteiger charge is -2.21. The largest absolute Gasteiger partial charge is 0.544 e. The van der Waals surface area contributed by atoms with Gasteiger partial charge in [-0.1, -0.05) is 6.07 Å². The van der Waals surface area contributed by atoms with Gasteiger partial charge in [0.25, 0.3) is 0 Å². The quantitative estimate of drug-likeness (QED) is 0.607. The van der Waals surface area contributed by atoms with Crippen LogP contribution in [0.4, 0.5) is 5.69 Å². The van der Waals surface area contributed by atoms with Gasteiger partial charge in [-0.05, 0) is 68.9 Å². The maximum Gasteiger partial charge on any atom is 0.242 e. The van der Waals surface area contributed by atoms with Gasteiger partial charge in [0.05, 0.1) is 17.6 Å². The first kappa shape index (κ1) is 15.4. The molecule has 0 atom stereocenters. The predicted molar refractivity (Wildman–Crippen MR) is 91.4 cm³/mol. The third kappa shape index (κ3) is 4.53. The molecule has 2 rings (SSSR count). The number of rotatable bonds is 4. The van der Waals surface area contributed by atoms with Gasteiger partial charge in [0, 0.05) is 6.20 Å². The van der Waals surface area contributed by atoms with Crippen LogP contribution in [0.3, 0.4) is 0 Å². The van der Waals surface area contributed by atoms with E-state index in [-0.39, 0.29) is 0 Å². The minimum atomic E-state index is -1.59. The first-order chi connectivity index (χ1) is 9.85. The molecule has 3 nitrogen and oxygen atoms in total. The van der Waals surface area contributed by atoms with Gasteiger partial charge in [0.15, 0.2) is 0 Å². The topological polar surface area (TPSA) is 34.5 Å². The lowest BCUT2D eigenvalue weighted by molar-refractivity contribution is 0.552. The van der Waals surface area contributed by atoms with E-state index >= 15 is 0 Å². The minimum absolute atomic E-state index is 0.858. The number of pyridine rings is 1. The van der Waals surface area contributed by atoms with Crippen molar-refractivity contribution in [3.05, 3.63) is 53.3 Å². The van der Waals surface area contributed by atoms with E-state index in [4.69, 9.17) is 4.43 Å². The van der Waals surface area contributed by atoms with E-state index < -0.39 is 8.32 Å². The number of nitrogens with zero attached hydrogens (tertiary/aromatic N) is 2. The highest BCUT2D eigenvalue weighted by Gasteiger charge is 2.18. The molecular formula is C17H22N2OSi. The van der Waals surface area contributed by atoms with Crippen molar-refractivity contribution >= 4 is 20.2 Å². The summed E-state index contributed by atoms with van der Waals surface area (Å²) in [5.74, 6) is 0.975. The molecule has 1 aromatic heterocycles. The standard InChI is InChI=1S/C17H22N2OSi/c1-13-11-17(20-21(3,4)5)14(2)10-16(13)19-12-15-8-6-7-9-18-15/h6-12H,1-5H3. The van der Waals surface area contributed by atoms with E-state index in [1.165, 1.54) is 0 Å². The van der Waals surface area contributed by atoms with E-state index in [2.05, 4.69) is 55.6 Å². The summed E-state index contributed by atoms with van der Waals surface area (Å²) in [6.07, 6.45) is 3.56. The predicted octanol–water partition coefficient (Wildman–Crippen LogP) is 4.66. The van der Waals surface area contributed by atoms with Crippen molar-refractivity contribution in [1.82, 2.24) is 4.98 Å². The second-order valence-corrected chi connectivity index (χ2v) is 10.6. The first-order valence-corrected chi connectivity index (χ1v) is 10.5. The molecule has 0 saturated heterocycles. The molecule has 0 radical (unpaired) electrons. The number of aromatic nitrogens is 1. The zero-order valence-corrected chi connectivity index (χ0v) is 14.3. The highest BCUT2D eigenvalue weighted by molar-refractivity contribution is 6.70. The van der Waals surface area contributed by atoms with Crippen molar-refractivity contribution in [3.63, 3.8) is 0 Å². The van der Waals surface area contributed by atoms with Gasteiger partial charge in [0.1, 0.15) is 5.75 Å². The van der Waals surface area contributed by atoms with Crippen LogP contribution in [0.15, 0.2) is 41.5 Å². The molecule has 0 fully saturated rings. The molecule has 110 valence electrons. The molecule has 0 unspecified atom stereocenters. The van der Waals surface area contributed by atoms with Crippen LogP contribution >= 0.6 is 0 Å². The highest BCUT2D eigenvalue weighted by Crippen LogP contribution is 2.29. The van der Waals surface area contributed by atoms with Crippen molar-refractivity contribution in [3.8, 4) is 5.75 Å². The van der Waals surface area contributed by atoms with E-state index in [9.17, 15) is 0 Å². The zero-order valence-electron chi connectivity index (χ0n) is 13.3. The van der Waals surface area contributed by atoms with Crippen LogP contribution in [0.1, 0.15) is 16.8 Å². The monoisotopic (exact) mass is 298 g/mol. The van der Waals surface area contributed by atoms with Crippen molar-refractivity contribution in [2.24, 2.45) is 4.99 Å². The minimum Gasteiger partial charge on any atom is -0.544 e. The molecule has 0 N–H and O–H groups in total. The molecule has 0 bridgehead atoms. The van der Waals surface area contributed by atoms with E-state index in [1.54, 1.807) is 12.4 Å². The van der Waals surface area contributed by atoms with Gasteiger partial charge in [-0.15, -0.1) is 0 Å². The molecule has 2 aromatic rings. The Morgan fingerprint density at radius 2 is 1.86 bits per heavy atom. The summed E-state index contributed by atoms with van der Waals surface area (Å²) in [5.41, 5.74) is 4.05. The third-order valence-electron chi connectivity index (χ3n) is 2.93. The molecule has 21 heavy (non-hydrogen) atoms.